The summed E-state index contributed by atoms with van der Waals surface area (Å²) in [6.07, 6.45) is -2.54. The average Bonchev–Trinajstić information content (AvgIpc) is 2.51. The lowest BCUT2D eigenvalue weighted by molar-refractivity contribution is -0.152. The third-order valence-corrected chi connectivity index (χ3v) is 2.35. The van der Waals surface area contributed by atoms with Crippen molar-refractivity contribution in [1.82, 2.24) is 10.6 Å². The molecule has 2 fully saturated rings. The average molecular weight is 308 g/mol. The molecular formula is C12H24N2O7. The van der Waals surface area contributed by atoms with Crippen LogP contribution >= 0.6 is 0 Å². The third-order valence-electron chi connectivity index (χ3n) is 2.35. The Morgan fingerprint density at radius 2 is 1.29 bits per heavy atom. The van der Waals surface area contributed by atoms with E-state index >= 15 is 0 Å². The predicted octanol–water partition coefficient (Wildman–Crippen LogP) is -1.88. The summed E-state index contributed by atoms with van der Waals surface area (Å²) in [7, 11) is 0. The summed E-state index contributed by atoms with van der Waals surface area (Å²) in [5.41, 5.74) is 0. The molecule has 2 heterocycles. The van der Waals surface area contributed by atoms with Crippen LogP contribution in [0.1, 0.15) is 6.42 Å². The van der Waals surface area contributed by atoms with Crippen LogP contribution in [0.15, 0.2) is 0 Å². The van der Waals surface area contributed by atoms with Crippen molar-refractivity contribution in [2.45, 2.75) is 12.5 Å². The Morgan fingerprint density at radius 3 is 1.38 bits per heavy atom. The van der Waals surface area contributed by atoms with Crippen LogP contribution in [0, 0.1) is 0 Å². The van der Waals surface area contributed by atoms with Gasteiger partial charge >= 0.3 is 11.9 Å². The highest BCUT2D eigenvalue weighted by Gasteiger charge is 2.16. The van der Waals surface area contributed by atoms with Gasteiger partial charge < -0.3 is 35.4 Å². The Kier molecular flexibility index (Phi) is 12.9. The van der Waals surface area contributed by atoms with Crippen LogP contribution < -0.4 is 10.6 Å². The standard InChI is InChI=1S/2C4H9NO.C4H6O5/c2*1-3-6-4-2-5-1;5-2(4(8)9)1-3(6)7/h2*5H,1-4H2;2,5H,1H2,(H,6,7)(H,8,9). The van der Waals surface area contributed by atoms with Crippen molar-refractivity contribution in [2.75, 3.05) is 52.6 Å². The molecule has 0 aromatic rings. The summed E-state index contributed by atoms with van der Waals surface area (Å²) < 4.78 is 10.0. The highest BCUT2D eigenvalue weighted by molar-refractivity contribution is 5.79. The number of carboxylic acids is 2. The van der Waals surface area contributed by atoms with Gasteiger partial charge in [0.05, 0.1) is 32.8 Å². The normalized spacial score (nSPS) is 19.1. The molecule has 2 aliphatic rings. The van der Waals surface area contributed by atoms with Gasteiger partial charge in [-0.3, -0.25) is 4.79 Å². The first kappa shape index (κ1) is 19.7. The molecule has 0 saturated carbocycles. The molecule has 0 radical (unpaired) electrons. The summed E-state index contributed by atoms with van der Waals surface area (Å²) in [6.45, 7) is 7.67. The van der Waals surface area contributed by atoms with Gasteiger partial charge in [-0.1, -0.05) is 0 Å². The minimum Gasteiger partial charge on any atom is -0.481 e. The van der Waals surface area contributed by atoms with E-state index in [1.54, 1.807) is 0 Å². The van der Waals surface area contributed by atoms with E-state index < -0.39 is 24.5 Å². The quantitative estimate of drug-likeness (QED) is 0.405. The number of morpholine rings is 2. The van der Waals surface area contributed by atoms with E-state index in [1.165, 1.54) is 0 Å². The number of aliphatic hydroxyl groups is 1. The molecule has 9 heteroatoms. The zero-order chi connectivity index (χ0) is 15.9. The van der Waals surface area contributed by atoms with E-state index in [-0.39, 0.29) is 0 Å². The first-order valence-corrected chi connectivity index (χ1v) is 6.73. The number of aliphatic carboxylic acids is 2. The summed E-state index contributed by atoms with van der Waals surface area (Å²) in [5.74, 6) is -2.85. The van der Waals surface area contributed by atoms with Gasteiger partial charge in [0.1, 0.15) is 0 Å². The van der Waals surface area contributed by atoms with Crippen LogP contribution in [-0.2, 0) is 19.1 Å². The summed E-state index contributed by atoms with van der Waals surface area (Å²) in [5, 5.41) is 30.5. The van der Waals surface area contributed by atoms with Crippen LogP contribution in [0.2, 0.25) is 0 Å². The number of ether oxygens (including phenoxy) is 2. The van der Waals surface area contributed by atoms with Crippen LogP contribution in [0.25, 0.3) is 0 Å². The van der Waals surface area contributed by atoms with E-state index in [1.807, 2.05) is 0 Å². The third kappa shape index (κ3) is 15.0. The second-order valence-electron chi connectivity index (χ2n) is 4.18. The second kappa shape index (κ2) is 13.7. The molecule has 124 valence electrons. The lowest BCUT2D eigenvalue weighted by Crippen LogP contribution is -2.30. The van der Waals surface area contributed by atoms with Crippen molar-refractivity contribution in [3.05, 3.63) is 0 Å². The zero-order valence-corrected chi connectivity index (χ0v) is 11.9. The minimum absolute atomic E-state index is 0.755. The molecule has 21 heavy (non-hydrogen) atoms. The molecule has 2 rings (SSSR count). The molecule has 9 nitrogen and oxygen atoms in total. The highest BCUT2D eigenvalue weighted by Crippen LogP contribution is 1.89. The molecule has 0 bridgehead atoms. The van der Waals surface area contributed by atoms with Gasteiger partial charge in [-0.05, 0) is 0 Å². The number of hydrogen-bond acceptors (Lipinski definition) is 7. The molecular weight excluding hydrogens is 284 g/mol. The van der Waals surface area contributed by atoms with Gasteiger partial charge in [0.25, 0.3) is 0 Å². The van der Waals surface area contributed by atoms with Gasteiger partial charge in [0, 0.05) is 26.2 Å². The maximum Gasteiger partial charge on any atom is 0.333 e. The van der Waals surface area contributed by atoms with Gasteiger partial charge in [-0.25, -0.2) is 4.79 Å². The maximum absolute atomic E-state index is 9.72. The summed E-state index contributed by atoms with van der Waals surface area (Å²) in [6, 6.07) is 0. The van der Waals surface area contributed by atoms with Gasteiger partial charge in [0.2, 0.25) is 0 Å². The Morgan fingerprint density at radius 1 is 0.905 bits per heavy atom. The molecule has 0 aliphatic carbocycles. The lowest BCUT2D eigenvalue weighted by Gasteiger charge is -2.10. The number of carboxylic acid groups (broad SMARTS) is 2. The molecule has 1 atom stereocenters. The molecule has 5 N–H and O–H groups in total. The van der Waals surface area contributed by atoms with Crippen molar-refractivity contribution in [2.24, 2.45) is 0 Å². The fraction of sp³-hybridized carbons (Fsp3) is 0.833. The van der Waals surface area contributed by atoms with Crippen LogP contribution in [0.3, 0.4) is 0 Å². The van der Waals surface area contributed by atoms with Gasteiger partial charge in [-0.15, -0.1) is 0 Å². The molecule has 2 saturated heterocycles. The highest BCUT2D eigenvalue weighted by atomic mass is 16.5. The van der Waals surface area contributed by atoms with Crippen molar-refractivity contribution < 1.29 is 34.4 Å². The number of carbonyl (C=O) groups is 2. The van der Waals surface area contributed by atoms with Gasteiger partial charge in [0.15, 0.2) is 6.10 Å². The first-order valence-electron chi connectivity index (χ1n) is 6.73. The maximum atomic E-state index is 9.72. The second-order valence-corrected chi connectivity index (χ2v) is 4.18. The van der Waals surface area contributed by atoms with E-state index in [9.17, 15) is 9.59 Å². The van der Waals surface area contributed by atoms with E-state index in [2.05, 4.69) is 10.6 Å². The van der Waals surface area contributed by atoms with Crippen molar-refractivity contribution in [3.63, 3.8) is 0 Å². The van der Waals surface area contributed by atoms with E-state index in [4.69, 9.17) is 24.8 Å². The minimum atomic E-state index is -1.79. The molecule has 0 aromatic carbocycles. The Labute approximate surface area is 123 Å². The topological polar surface area (TPSA) is 137 Å². The number of hydrogen-bond donors (Lipinski definition) is 5. The zero-order valence-electron chi connectivity index (χ0n) is 11.9. The molecule has 2 aliphatic heterocycles. The Hall–Kier alpha value is -1.26. The van der Waals surface area contributed by atoms with Crippen molar-refractivity contribution >= 4 is 11.9 Å². The Balaban J connectivity index is 0.000000293. The van der Waals surface area contributed by atoms with E-state index in [0.717, 1.165) is 52.6 Å². The summed E-state index contributed by atoms with van der Waals surface area (Å²) in [4.78, 5) is 19.4. The van der Waals surface area contributed by atoms with Crippen LogP contribution in [0.5, 0.6) is 0 Å². The Bertz CT molecular complexity index is 246. The van der Waals surface area contributed by atoms with Crippen LogP contribution in [0.4, 0.5) is 0 Å². The SMILES string of the molecule is C1COCCN1.C1COCCN1.O=C(O)CC(O)C(=O)O. The van der Waals surface area contributed by atoms with Crippen molar-refractivity contribution in [3.8, 4) is 0 Å². The fourth-order valence-electron chi connectivity index (χ4n) is 1.28. The summed E-state index contributed by atoms with van der Waals surface area (Å²) >= 11 is 0. The lowest BCUT2D eigenvalue weighted by atomic mass is 10.3. The first-order chi connectivity index (χ1) is 10.0. The van der Waals surface area contributed by atoms with Gasteiger partial charge in [-0.2, -0.15) is 0 Å². The number of rotatable bonds is 3. The van der Waals surface area contributed by atoms with Crippen molar-refractivity contribution in [1.29, 1.82) is 0 Å². The monoisotopic (exact) mass is 308 g/mol. The molecule has 0 spiro atoms. The van der Waals surface area contributed by atoms with E-state index in [0.29, 0.717) is 0 Å². The number of nitrogens with one attached hydrogen (secondary N) is 2. The molecule has 0 amide bonds. The largest absolute Gasteiger partial charge is 0.481 e. The predicted molar refractivity (Wildman–Crippen MR) is 73.3 cm³/mol. The van der Waals surface area contributed by atoms with Crippen LogP contribution in [-0.4, -0.2) is 86.0 Å². The molecule has 0 aromatic heterocycles. The smallest absolute Gasteiger partial charge is 0.333 e. The molecule has 1 unspecified atom stereocenters. The number of aliphatic hydroxyl groups excluding tert-OH is 1. The fourth-order valence-corrected chi connectivity index (χ4v) is 1.28.